The predicted octanol–water partition coefficient (Wildman–Crippen LogP) is 3.08. The van der Waals surface area contributed by atoms with E-state index < -0.39 is 0 Å². The van der Waals surface area contributed by atoms with Gasteiger partial charge in [-0.25, -0.2) is 0 Å². The minimum atomic E-state index is -0.194. The van der Waals surface area contributed by atoms with Crippen molar-refractivity contribution in [2.24, 2.45) is 5.16 Å². The SMILES string of the molecule is C=NO/C(=C\C)C(=O)N1CCc2cc(OC)cc(OC)c2C1CC. The molecule has 1 heterocycles. The van der Waals surface area contributed by atoms with Crippen molar-refractivity contribution in [3.05, 3.63) is 35.1 Å². The Labute approximate surface area is 142 Å². The average Bonchev–Trinajstić information content (AvgIpc) is 2.63. The van der Waals surface area contributed by atoms with Gasteiger partial charge >= 0.3 is 0 Å². The maximum absolute atomic E-state index is 12.8. The van der Waals surface area contributed by atoms with E-state index in [-0.39, 0.29) is 17.7 Å². The minimum absolute atomic E-state index is 0.0922. The molecule has 0 radical (unpaired) electrons. The van der Waals surface area contributed by atoms with E-state index in [2.05, 4.69) is 11.9 Å². The molecule has 0 N–H and O–H groups in total. The van der Waals surface area contributed by atoms with E-state index in [4.69, 9.17) is 14.3 Å². The van der Waals surface area contributed by atoms with Gasteiger partial charge in [0.25, 0.3) is 5.91 Å². The van der Waals surface area contributed by atoms with Gasteiger partial charge in [-0.05, 0) is 37.5 Å². The van der Waals surface area contributed by atoms with Crippen molar-refractivity contribution in [2.45, 2.75) is 32.7 Å². The lowest BCUT2D eigenvalue weighted by Gasteiger charge is -2.37. The predicted molar refractivity (Wildman–Crippen MR) is 92.4 cm³/mol. The topological polar surface area (TPSA) is 60.4 Å². The number of ether oxygens (including phenoxy) is 2. The molecule has 1 aliphatic rings. The van der Waals surface area contributed by atoms with Crippen LogP contribution in [0.3, 0.4) is 0 Å². The Morgan fingerprint density at radius 1 is 1.42 bits per heavy atom. The second kappa shape index (κ2) is 7.86. The zero-order chi connectivity index (χ0) is 17.7. The third-order valence-corrected chi connectivity index (χ3v) is 4.27. The standard InChI is InChI=1S/C18H24N2O4/c1-6-14-17-12(10-13(22-4)11-16(17)23-5)8-9-20(14)18(21)15(7-2)24-19-3/h7,10-11,14H,3,6,8-9H2,1-2,4-5H3/b15-7-. The number of oxime groups is 1. The van der Waals surface area contributed by atoms with E-state index in [0.717, 1.165) is 35.5 Å². The van der Waals surface area contributed by atoms with Crippen LogP contribution in [0.4, 0.5) is 0 Å². The summed E-state index contributed by atoms with van der Waals surface area (Å²) < 4.78 is 10.9. The van der Waals surface area contributed by atoms with Gasteiger partial charge in [0.1, 0.15) is 11.5 Å². The molecular formula is C18H24N2O4. The number of hydrogen-bond donors (Lipinski definition) is 0. The number of carbonyl (C=O) groups excluding carboxylic acids is 1. The third-order valence-electron chi connectivity index (χ3n) is 4.27. The van der Waals surface area contributed by atoms with Crippen LogP contribution in [0, 0.1) is 0 Å². The molecule has 0 aromatic heterocycles. The van der Waals surface area contributed by atoms with Crippen LogP contribution in [-0.2, 0) is 16.1 Å². The Balaban J connectivity index is 2.45. The van der Waals surface area contributed by atoms with Gasteiger partial charge in [-0.3, -0.25) is 4.79 Å². The summed E-state index contributed by atoms with van der Waals surface area (Å²) in [5.41, 5.74) is 2.18. The summed E-state index contributed by atoms with van der Waals surface area (Å²) in [6.07, 6.45) is 3.09. The van der Waals surface area contributed by atoms with E-state index in [0.29, 0.717) is 6.54 Å². The molecule has 6 heteroatoms. The van der Waals surface area contributed by atoms with Crippen molar-refractivity contribution in [3.8, 4) is 11.5 Å². The fourth-order valence-corrected chi connectivity index (χ4v) is 3.17. The highest BCUT2D eigenvalue weighted by Gasteiger charge is 2.34. The van der Waals surface area contributed by atoms with Crippen molar-refractivity contribution < 1.29 is 19.1 Å². The number of amides is 1. The summed E-state index contributed by atoms with van der Waals surface area (Å²) in [7, 11) is 3.26. The summed E-state index contributed by atoms with van der Waals surface area (Å²) in [5, 5.41) is 3.37. The lowest BCUT2D eigenvalue weighted by Crippen LogP contribution is -2.41. The molecule has 0 bridgehead atoms. The molecule has 1 aliphatic heterocycles. The number of hydrogen-bond acceptors (Lipinski definition) is 5. The average molecular weight is 332 g/mol. The fourth-order valence-electron chi connectivity index (χ4n) is 3.17. The second-order valence-corrected chi connectivity index (χ2v) is 5.45. The Morgan fingerprint density at radius 3 is 2.71 bits per heavy atom. The van der Waals surface area contributed by atoms with Gasteiger partial charge in [0.05, 0.1) is 20.3 Å². The first kappa shape index (κ1) is 17.8. The molecule has 0 aliphatic carbocycles. The highest BCUT2D eigenvalue weighted by molar-refractivity contribution is 5.92. The van der Waals surface area contributed by atoms with Crippen LogP contribution in [0.2, 0.25) is 0 Å². The molecule has 0 fully saturated rings. The summed E-state index contributed by atoms with van der Waals surface area (Å²) >= 11 is 0. The van der Waals surface area contributed by atoms with Crippen LogP contribution < -0.4 is 9.47 Å². The molecule has 2 rings (SSSR count). The molecular weight excluding hydrogens is 308 g/mol. The smallest absolute Gasteiger partial charge is 0.292 e. The van der Waals surface area contributed by atoms with Crippen LogP contribution >= 0.6 is 0 Å². The Kier molecular flexibility index (Phi) is 5.84. The molecule has 1 aromatic rings. The van der Waals surface area contributed by atoms with E-state index in [1.807, 2.05) is 19.1 Å². The number of rotatable bonds is 6. The summed E-state index contributed by atoms with van der Waals surface area (Å²) in [5.74, 6) is 1.48. The van der Waals surface area contributed by atoms with Gasteiger partial charge < -0.3 is 19.2 Å². The molecule has 1 aromatic carbocycles. The van der Waals surface area contributed by atoms with Gasteiger partial charge in [-0.2, -0.15) is 0 Å². The Bertz CT molecular complexity index is 637. The van der Waals surface area contributed by atoms with Crippen LogP contribution in [0.15, 0.2) is 29.1 Å². The molecule has 1 unspecified atom stereocenters. The first-order valence-corrected chi connectivity index (χ1v) is 7.96. The van der Waals surface area contributed by atoms with Crippen molar-refractivity contribution in [2.75, 3.05) is 20.8 Å². The molecule has 6 nitrogen and oxygen atoms in total. The van der Waals surface area contributed by atoms with Crippen molar-refractivity contribution in [1.82, 2.24) is 4.90 Å². The first-order valence-electron chi connectivity index (χ1n) is 7.96. The van der Waals surface area contributed by atoms with Crippen LogP contribution in [0.1, 0.15) is 37.4 Å². The van der Waals surface area contributed by atoms with Crippen molar-refractivity contribution in [3.63, 3.8) is 0 Å². The quantitative estimate of drug-likeness (QED) is 0.348. The third kappa shape index (κ3) is 3.22. The van der Waals surface area contributed by atoms with E-state index >= 15 is 0 Å². The van der Waals surface area contributed by atoms with Gasteiger partial charge in [0.2, 0.25) is 5.76 Å². The lowest BCUT2D eigenvalue weighted by atomic mass is 9.89. The zero-order valence-electron chi connectivity index (χ0n) is 14.7. The monoisotopic (exact) mass is 332 g/mol. The van der Waals surface area contributed by atoms with E-state index in [1.165, 1.54) is 0 Å². The summed E-state index contributed by atoms with van der Waals surface area (Å²) in [6.45, 7) is 7.66. The van der Waals surface area contributed by atoms with Gasteiger partial charge in [0, 0.05) is 24.9 Å². The highest BCUT2D eigenvalue weighted by Crippen LogP contribution is 2.41. The fraction of sp³-hybridized carbons (Fsp3) is 0.444. The molecule has 24 heavy (non-hydrogen) atoms. The molecule has 1 amide bonds. The van der Waals surface area contributed by atoms with E-state index in [1.54, 1.807) is 32.1 Å². The zero-order valence-corrected chi connectivity index (χ0v) is 14.7. The van der Waals surface area contributed by atoms with Gasteiger partial charge in [0.15, 0.2) is 0 Å². The molecule has 1 atom stereocenters. The summed E-state index contributed by atoms with van der Waals surface area (Å²) in [6, 6.07) is 3.78. The molecule has 0 spiro atoms. The largest absolute Gasteiger partial charge is 0.497 e. The number of allylic oxidation sites excluding steroid dienone is 1. The van der Waals surface area contributed by atoms with E-state index in [9.17, 15) is 4.79 Å². The van der Waals surface area contributed by atoms with Gasteiger partial charge in [-0.1, -0.05) is 12.1 Å². The number of benzene rings is 1. The summed E-state index contributed by atoms with van der Waals surface area (Å²) in [4.78, 5) is 19.6. The number of fused-ring (bicyclic) bond motifs is 1. The number of nitrogens with zero attached hydrogens (tertiary/aromatic N) is 2. The minimum Gasteiger partial charge on any atom is -0.497 e. The number of carbonyl (C=O) groups is 1. The van der Waals surface area contributed by atoms with Crippen LogP contribution in [0.5, 0.6) is 11.5 Å². The van der Waals surface area contributed by atoms with Crippen LogP contribution in [0.25, 0.3) is 0 Å². The van der Waals surface area contributed by atoms with Crippen molar-refractivity contribution in [1.29, 1.82) is 0 Å². The van der Waals surface area contributed by atoms with Crippen molar-refractivity contribution >= 4 is 12.6 Å². The van der Waals surface area contributed by atoms with Gasteiger partial charge in [-0.15, -0.1) is 0 Å². The normalized spacial score (nSPS) is 17.1. The molecule has 0 saturated carbocycles. The Morgan fingerprint density at radius 2 is 2.17 bits per heavy atom. The first-order chi connectivity index (χ1) is 11.6. The maximum Gasteiger partial charge on any atom is 0.292 e. The second-order valence-electron chi connectivity index (χ2n) is 5.45. The highest BCUT2D eigenvalue weighted by atomic mass is 16.6. The Hall–Kier alpha value is -2.50. The number of methoxy groups -OCH3 is 2. The lowest BCUT2D eigenvalue weighted by molar-refractivity contribution is -0.133. The molecule has 130 valence electrons. The van der Waals surface area contributed by atoms with Crippen LogP contribution in [-0.4, -0.2) is 38.3 Å². The molecule has 0 saturated heterocycles. The maximum atomic E-state index is 12.8.